The Morgan fingerprint density at radius 2 is 1.76 bits per heavy atom. The second-order valence-electron chi connectivity index (χ2n) is 7.72. The summed E-state index contributed by atoms with van der Waals surface area (Å²) < 4.78 is 11.4. The Bertz CT molecular complexity index is 1400. The minimum Gasteiger partial charge on any atom is -0.508 e. The van der Waals surface area contributed by atoms with Gasteiger partial charge in [0.25, 0.3) is 17.7 Å². The van der Waals surface area contributed by atoms with Crippen molar-refractivity contribution in [1.82, 2.24) is 5.32 Å². The van der Waals surface area contributed by atoms with Crippen LogP contribution in [0.5, 0.6) is 17.2 Å². The van der Waals surface area contributed by atoms with Crippen molar-refractivity contribution in [1.29, 1.82) is 0 Å². The number of hydrogen-bond acceptors (Lipinski definition) is 7. The Labute approximate surface area is 219 Å². The fourth-order valence-corrected chi connectivity index (χ4v) is 3.81. The lowest BCUT2D eigenvalue weighted by atomic mass is 10.1. The zero-order valence-corrected chi connectivity index (χ0v) is 20.9. The van der Waals surface area contributed by atoms with Crippen molar-refractivity contribution in [2.75, 3.05) is 23.9 Å². The van der Waals surface area contributed by atoms with Crippen molar-refractivity contribution in [2.45, 2.75) is 0 Å². The lowest BCUT2D eigenvalue weighted by molar-refractivity contribution is -0.122. The van der Waals surface area contributed by atoms with Crippen LogP contribution in [0.4, 0.5) is 16.2 Å². The van der Waals surface area contributed by atoms with Crippen LogP contribution in [0.15, 0.2) is 76.8 Å². The number of carbonyl (C=O) groups excluding carboxylic acids is 4. The van der Waals surface area contributed by atoms with Crippen LogP contribution in [0, 0.1) is 0 Å². The van der Waals surface area contributed by atoms with Gasteiger partial charge >= 0.3 is 6.03 Å². The molecule has 0 unspecified atom stereocenters. The van der Waals surface area contributed by atoms with Crippen LogP contribution in [-0.2, 0) is 14.4 Å². The number of anilines is 2. The summed E-state index contributed by atoms with van der Waals surface area (Å²) in [5.74, 6) is -1.34. The Hall–Kier alpha value is -4.64. The topological polar surface area (TPSA) is 134 Å². The van der Waals surface area contributed by atoms with E-state index in [1.165, 1.54) is 30.3 Å². The third kappa shape index (κ3) is 5.96. The van der Waals surface area contributed by atoms with E-state index in [2.05, 4.69) is 26.6 Å². The molecule has 4 rings (SSSR count). The maximum Gasteiger partial charge on any atom is 0.335 e. The van der Waals surface area contributed by atoms with Crippen molar-refractivity contribution >= 4 is 57.1 Å². The van der Waals surface area contributed by atoms with Gasteiger partial charge in [0.1, 0.15) is 22.8 Å². The van der Waals surface area contributed by atoms with Gasteiger partial charge in [-0.1, -0.05) is 15.9 Å². The molecule has 11 heteroatoms. The zero-order chi connectivity index (χ0) is 26.5. The van der Waals surface area contributed by atoms with Crippen LogP contribution in [-0.4, -0.2) is 42.6 Å². The number of hydrogen-bond donors (Lipinski definition) is 3. The summed E-state index contributed by atoms with van der Waals surface area (Å²) in [6.07, 6.45) is 1.28. The van der Waals surface area contributed by atoms with Crippen LogP contribution in [0.1, 0.15) is 5.56 Å². The van der Waals surface area contributed by atoms with Crippen LogP contribution in [0.25, 0.3) is 6.08 Å². The Kier molecular flexibility index (Phi) is 7.54. The van der Waals surface area contributed by atoms with Gasteiger partial charge in [-0.2, -0.15) is 0 Å². The van der Waals surface area contributed by atoms with E-state index in [0.717, 1.165) is 4.90 Å². The molecule has 188 valence electrons. The van der Waals surface area contributed by atoms with Crippen molar-refractivity contribution < 1.29 is 33.8 Å². The van der Waals surface area contributed by atoms with E-state index in [1.807, 2.05) is 0 Å². The number of phenolic OH excluding ortho intramolecular Hbond substituents is 1. The van der Waals surface area contributed by atoms with E-state index in [4.69, 9.17) is 9.47 Å². The maximum absolute atomic E-state index is 13.1. The maximum atomic E-state index is 13.1. The summed E-state index contributed by atoms with van der Waals surface area (Å²) in [5, 5.41) is 14.3. The lowest BCUT2D eigenvalue weighted by Gasteiger charge is -2.26. The number of aromatic hydroxyl groups is 1. The van der Waals surface area contributed by atoms with E-state index < -0.39 is 23.8 Å². The molecule has 0 bridgehead atoms. The average Bonchev–Trinajstić information content (AvgIpc) is 2.87. The molecule has 0 saturated carbocycles. The highest BCUT2D eigenvalue weighted by atomic mass is 79.9. The monoisotopic (exact) mass is 565 g/mol. The number of phenols is 1. The standard InChI is InChI=1S/C26H20BrN3O7/c1-36-20-9-3-17(4-10-20)28-23(32)14-37-22-11-2-16(27)12-15(22)13-21-24(33)29-26(35)30(25(21)34)18-5-7-19(31)8-6-18/h2-13,31H,14H2,1H3,(H,28,32)(H,29,33,35)/b21-13-. The van der Waals surface area contributed by atoms with Crippen molar-refractivity contribution in [3.05, 3.63) is 82.3 Å². The van der Waals surface area contributed by atoms with Gasteiger partial charge in [-0.05, 0) is 72.8 Å². The molecule has 3 aromatic rings. The van der Waals surface area contributed by atoms with Gasteiger partial charge in [-0.15, -0.1) is 0 Å². The zero-order valence-electron chi connectivity index (χ0n) is 19.4. The summed E-state index contributed by atoms with van der Waals surface area (Å²) in [7, 11) is 1.54. The van der Waals surface area contributed by atoms with Gasteiger partial charge in [0, 0.05) is 15.7 Å². The summed E-state index contributed by atoms with van der Waals surface area (Å²) in [5.41, 5.74) is 0.721. The fourth-order valence-electron chi connectivity index (χ4n) is 3.43. The molecule has 0 aliphatic carbocycles. The first-order valence-corrected chi connectivity index (χ1v) is 11.6. The van der Waals surface area contributed by atoms with E-state index in [1.54, 1.807) is 49.6 Å². The summed E-state index contributed by atoms with van der Waals surface area (Å²) in [4.78, 5) is 51.3. The van der Waals surface area contributed by atoms with E-state index >= 15 is 0 Å². The van der Waals surface area contributed by atoms with Gasteiger partial charge in [0.05, 0.1) is 12.8 Å². The van der Waals surface area contributed by atoms with Crippen LogP contribution in [0.3, 0.4) is 0 Å². The number of halogens is 1. The second-order valence-corrected chi connectivity index (χ2v) is 8.64. The smallest absolute Gasteiger partial charge is 0.335 e. The molecule has 0 atom stereocenters. The van der Waals surface area contributed by atoms with Crippen LogP contribution >= 0.6 is 15.9 Å². The number of urea groups is 1. The highest BCUT2D eigenvalue weighted by Gasteiger charge is 2.37. The minimum absolute atomic E-state index is 0.0487. The minimum atomic E-state index is -0.918. The molecule has 1 saturated heterocycles. The van der Waals surface area contributed by atoms with Crippen molar-refractivity contribution in [2.24, 2.45) is 0 Å². The highest BCUT2D eigenvalue weighted by molar-refractivity contribution is 9.10. The summed E-state index contributed by atoms with van der Waals surface area (Å²) in [6, 6.07) is 16.1. The molecule has 1 fully saturated rings. The lowest BCUT2D eigenvalue weighted by Crippen LogP contribution is -2.54. The number of amides is 5. The molecule has 1 heterocycles. The molecule has 10 nitrogen and oxygen atoms in total. The number of nitrogens with one attached hydrogen (secondary N) is 2. The van der Waals surface area contributed by atoms with Gasteiger partial charge in [-0.25, -0.2) is 9.69 Å². The first-order chi connectivity index (χ1) is 17.7. The number of nitrogens with zero attached hydrogens (tertiary/aromatic N) is 1. The quantitative estimate of drug-likeness (QED) is 0.292. The average molecular weight is 566 g/mol. The number of rotatable bonds is 7. The third-order valence-corrected chi connectivity index (χ3v) is 5.71. The number of imide groups is 2. The fraction of sp³-hybridized carbons (Fsp3) is 0.0769. The number of methoxy groups -OCH3 is 1. The predicted molar refractivity (Wildman–Crippen MR) is 138 cm³/mol. The summed E-state index contributed by atoms with van der Waals surface area (Å²) >= 11 is 3.34. The molecule has 1 aliphatic rings. The van der Waals surface area contributed by atoms with Crippen LogP contribution < -0.4 is 25.0 Å². The molecule has 3 N–H and O–H groups in total. The largest absolute Gasteiger partial charge is 0.508 e. The second kappa shape index (κ2) is 11.0. The van der Waals surface area contributed by atoms with Gasteiger partial charge < -0.3 is 19.9 Å². The Balaban J connectivity index is 1.55. The van der Waals surface area contributed by atoms with E-state index in [0.29, 0.717) is 21.5 Å². The number of ether oxygens (including phenoxy) is 2. The normalized spacial score (nSPS) is 14.4. The van der Waals surface area contributed by atoms with Gasteiger partial charge in [0.15, 0.2) is 6.61 Å². The first kappa shape index (κ1) is 25.5. The molecular formula is C26H20BrN3O7. The number of carbonyl (C=O) groups is 4. The number of barbiturate groups is 1. The van der Waals surface area contributed by atoms with Gasteiger partial charge in [-0.3, -0.25) is 19.7 Å². The van der Waals surface area contributed by atoms with Crippen molar-refractivity contribution in [3.63, 3.8) is 0 Å². The molecule has 5 amide bonds. The van der Waals surface area contributed by atoms with Crippen molar-refractivity contribution in [3.8, 4) is 17.2 Å². The Morgan fingerprint density at radius 1 is 1.05 bits per heavy atom. The molecule has 0 spiro atoms. The molecule has 0 aromatic heterocycles. The molecule has 1 aliphatic heterocycles. The molecule has 0 radical (unpaired) electrons. The molecule has 3 aromatic carbocycles. The van der Waals surface area contributed by atoms with E-state index in [-0.39, 0.29) is 29.4 Å². The predicted octanol–water partition coefficient (Wildman–Crippen LogP) is 3.85. The van der Waals surface area contributed by atoms with E-state index in [9.17, 15) is 24.3 Å². The molecule has 37 heavy (non-hydrogen) atoms. The third-order valence-electron chi connectivity index (χ3n) is 5.21. The first-order valence-electron chi connectivity index (χ1n) is 10.8. The SMILES string of the molecule is COc1ccc(NC(=O)COc2ccc(Br)cc2/C=C2/C(=O)NC(=O)N(c3ccc(O)cc3)C2=O)cc1. The highest BCUT2D eigenvalue weighted by Crippen LogP contribution is 2.28. The molecular weight excluding hydrogens is 546 g/mol. The Morgan fingerprint density at radius 3 is 2.43 bits per heavy atom. The van der Waals surface area contributed by atoms with Gasteiger partial charge in [0.2, 0.25) is 0 Å². The van der Waals surface area contributed by atoms with Crippen LogP contribution in [0.2, 0.25) is 0 Å². The number of benzene rings is 3. The summed E-state index contributed by atoms with van der Waals surface area (Å²) in [6.45, 7) is -0.345.